The summed E-state index contributed by atoms with van der Waals surface area (Å²) < 4.78 is 11.8. The number of benzene rings is 4. The average Bonchev–Trinajstić information content (AvgIpc) is 3.52. The predicted octanol–water partition coefficient (Wildman–Crippen LogP) is 10.8. The van der Waals surface area contributed by atoms with Crippen LogP contribution in [0.15, 0.2) is 71.1 Å². The summed E-state index contributed by atoms with van der Waals surface area (Å²) in [4.78, 5) is 0. The second-order valence-corrected chi connectivity index (χ2v) is 14.2. The van der Waals surface area contributed by atoms with Crippen LogP contribution in [0.4, 0.5) is 0 Å². The fourth-order valence-electron chi connectivity index (χ4n) is 7.34. The highest BCUT2D eigenvalue weighted by atomic mass is 16.3. The molecule has 0 unspecified atom stereocenters. The van der Waals surface area contributed by atoms with Gasteiger partial charge in [-0.05, 0) is 60.4 Å². The van der Waals surface area contributed by atoms with Crippen LogP contribution in [0.2, 0.25) is 0 Å². The highest BCUT2D eigenvalue weighted by Crippen LogP contribution is 2.43. The van der Waals surface area contributed by atoms with E-state index < -0.39 is 0 Å². The predicted molar refractivity (Wildman–Crippen MR) is 191 cm³/mol. The van der Waals surface area contributed by atoms with Gasteiger partial charge in [0.2, 0.25) is 0 Å². The molecular weight excluding hydrogens is 564 g/mol. The van der Waals surface area contributed by atoms with Crippen molar-refractivity contribution in [3.05, 3.63) is 94.8 Å². The number of imidazole rings is 1. The summed E-state index contributed by atoms with van der Waals surface area (Å²) in [5.41, 5.74) is 12.5. The van der Waals surface area contributed by atoms with Gasteiger partial charge in [0.15, 0.2) is 16.6 Å². The number of para-hydroxylation sites is 3. The van der Waals surface area contributed by atoms with Gasteiger partial charge >= 0.3 is 0 Å². The van der Waals surface area contributed by atoms with Gasteiger partial charge in [0.1, 0.15) is 16.8 Å². The molecule has 0 saturated heterocycles. The Morgan fingerprint density at radius 1 is 0.652 bits per heavy atom. The molecule has 234 valence electrons. The molecule has 0 N–H and O–H groups in total. The van der Waals surface area contributed by atoms with E-state index in [0.29, 0.717) is 11.8 Å². The van der Waals surface area contributed by atoms with Crippen LogP contribution in [0.1, 0.15) is 107 Å². The van der Waals surface area contributed by atoms with Crippen LogP contribution in [0.25, 0.3) is 60.8 Å². The van der Waals surface area contributed by atoms with E-state index in [2.05, 4.69) is 145 Å². The zero-order valence-corrected chi connectivity index (χ0v) is 28.9. The smallest absolute Gasteiger partial charge is 0.299 e. The Morgan fingerprint density at radius 2 is 1.26 bits per heavy atom. The van der Waals surface area contributed by atoms with Gasteiger partial charge in [0.05, 0.1) is 18.4 Å². The molecule has 46 heavy (non-hydrogen) atoms. The topological polar surface area (TPSA) is 47.7 Å². The van der Waals surface area contributed by atoms with Gasteiger partial charge in [-0.2, -0.15) is 14.8 Å². The molecule has 0 bridgehead atoms. The highest BCUT2D eigenvalue weighted by molar-refractivity contribution is 6.14. The highest BCUT2D eigenvalue weighted by Gasteiger charge is 2.33. The van der Waals surface area contributed by atoms with Crippen LogP contribution in [0.3, 0.4) is 0 Å². The van der Waals surface area contributed by atoms with Gasteiger partial charge in [0, 0.05) is 32.7 Å². The van der Waals surface area contributed by atoms with Crippen molar-refractivity contribution in [1.29, 1.82) is 0 Å². The van der Waals surface area contributed by atoms with Crippen molar-refractivity contribution in [2.45, 2.75) is 86.0 Å². The lowest BCUT2D eigenvalue weighted by Gasteiger charge is -2.18. The number of hydrogen-bond donors (Lipinski definition) is 0. The van der Waals surface area contributed by atoms with E-state index >= 15 is 0 Å². The van der Waals surface area contributed by atoms with Crippen LogP contribution in [0.5, 0.6) is 0 Å². The lowest BCUT2D eigenvalue weighted by molar-refractivity contribution is -0.633. The second kappa shape index (κ2) is 11.1. The Hall–Kier alpha value is -4.51. The molecular formula is C41H45N4O+. The molecule has 0 atom stereocenters. The third kappa shape index (κ3) is 4.46. The molecule has 3 aromatic heterocycles. The first-order valence-electron chi connectivity index (χ1n) is 16.8. The lowest BCUT2D eigenvalue weighted by atomic mass is 9.92. The molecule has 7 rings (SSSR count). The maximum Gasteiger partial charge on any atom is 0.299 e. The van der Waals surface area contributed by atoms with Crippen LogP contribution < -0.4 is 4.57 Å². The normalized spacial score (nSPS) is 12.5. The number of aromatic nitrogens is 4. The maximum atomic E-state index is 6.98. The minimum absolute atomic E-state index is 0.252. The van der Waals surface area contributed by atoms with Gasteiger partial charge < -0.3 is 4.42 Å². The Kier molecular flexibility index (Phi) is 7.26. The van der Waals surface area contributed by atoms with E-state index in [-0.39, 0.29) is 11.8 Å². The number of nitrogens with zero attached hydrogens (tertiary/aromatic N) is 4. The van der Waals surface area contributed by atoms with Crippen molar-refractivity contribution in [1.82, 2.24) is 14.8 Å². The lowest BCUT2D eigenvalue weighted by Crippen LogP contribution is -2.30. The molecule has 0 aliphatic heterocycles. The number of hydrogen-bond acceptors (Lipinski definition) is 3. The first kappa shape index (κ1) is 30.2. The third-order valence-electron chi connectivity index (χ3n) is 9.70. The summed E-state index contributed by atoms with van der Waals surface area (Å²) in [5, 5.41) is 13.9. The zero-order valence-electron chi connectivity index (χ0n) is 28.9. The molecule has 0 spiro atoms. The molecule has 0 aliphatic carbocycles. The summed E-state index contributed by atoms with van der Waals surface area (Å²) in [6.07, 6.45) is 0. The molecule has 0 aliphatic rings. The number of fused-ring (bicyclic) bond motifs is 5. The molecule has 7 aromatic rings. The molecule has 4 aromatic carbocycles. The van der Waals surface area contributed by atoms with E-state index in [9.17, 15) is 0 Å². The Morgan fingerprint density at radius 3 is 1.87 bits per heavy atom. The summed E-state index contributed by atoms with van der Waals surface area (Å²) in [7, 11) is 2.19. The first-order chi connectivity index (χ1) is 22.0. The van der Waals surface area contributed by atoms with E-state index in [1.165, 1.54) is 33.4 Å². The summed E-state index contributed by atoms with van der Waals surface area (Å²) in [6, 6.07) is 24.6. The van der Waals surface area contributed by atoms with Gasteiger partial charge in [-0.25, -0.2) is 4.57 Å². The SMILES string of the molecule is Cc1ccc2c(oc3cc4c(C(C)C)nnc(C(C)C)c4cc32)c1-c1n(-c2c(C(C)C)cccc2C(C)C)c2ccccc2[n+]1C. The van der Waals surface area contributed by atoms with E-state index in [0.717, 1.165) is 55.5 Å². The standard InChI is InChI=1S/C41H45N4O/c1-22(2)27-14-13-15-28(23(3)4)39(27)45-34-17-12-11-16-33(34)44(10)41(45)36-26(9)18-19-29-30-20-31-32(21-35(30)46-40(29)36)38(25(7)8)43-42-37(31)24(5)6/h11-25H,1-10H3/q+1. The Bertz CT molecular complexity index is 2270. The van der Waals surface area contributed by atoms with Gasteiger partial charge in [-0.3, -0.25) is 0 Å². The molecule has 0 radical (unpaired) electrons. The van der Waals surface area contributed by atoms with Crippen molar-refractivity contribution in [3.63, 3.8) is 0 Å². The second-order valence-electron chi connectivity index (χ2n) is 14.2. The Labute approximate surface area is 271 Å². The molecule has 5 heteroatoms. The fourth-order valence-corrected chi connectivity index (χ4v) is 7.34. The van der Waals surface area contributed by atoms with Crippen molar-refractivity contribution < 1.29 is 8.98 Å². The Balaban J connectivity index is 1.65. The minimum Gasteiger partial charge on any atom is -0.455 e. The average molecular weight is 610 g/mol. The van der Waals surface area contributed by atoms with Crippen LogP contribution in [0, 0.1) is 6.92 Å². The van der Waals surface area contributed by atoms with E-state index in [4.69, 9.17) is 14.6 Å². The summed E-state index contributed by atoms with van der Waals surface area (Å²) in [5.74, 6) is 2.35. The van der Waals surface area contributed by atoms with Crippen molar-refractivity contribution in [3.8, 4) is 17.1 Å². The largest absolute Gasteiger partial charge is 0.455 e. The number of rotatable bonds is 6. The van der Waals surface area contributed by atoms with Crippen LogP contribution >= 0.6 is 0 Å². The van der Waals surface area contributed by atoms with Crippen LogP contribution in [-0.2, 0) is 7.05 Å². The molecule has 0 saturated carbocycles. The van der Waals surface area contributed by atoms with Crippen molar-refractivity contribution in [2.24, 2.45) is 7.05 Å². The van der Waals surface area contributed by atoms with Gasteiger partial charge in [0.25, 0.3) is 5.82 Å². The maximum absolute atomic E-state index is 6.98. The number of furan rings is 1. The van der Waals surface area contributed by atoms with Gasteiger partial charge in [-0.1, -0.05) is 97.9 Å². The fraction of sp³-hybridized carbons (Fsp3) is 0.341. The molecule has 5 nitrogen and oxygen atoms in total. The van der Waals surface area contributed by atoms with Crippen molar-refractivity contribution in [2.75, 3.05) is 0 Å². The number of aryl methyl sites for hydroxylation is 2. The summed E-state index contributed by atoms with van der Waals surface area (Å²) in [6.45, 7) is 20.1. The minimum atomic E-state index is 0.252. The zero-order chi connectivity index (χ0) is 32.6. The van der Waals surface area contributed by atoms with Crippen molar-refractivity contribution >= 4 is 43.7 Å². The van der Waals surface area contributed by atoms with E-state index in [1.807, 2.05) is 0 Å². The van der Waals surface area contributed by atoms with Gasteiger partial charge in [-0.15, -0.1) is 0 Å². The molecule has 3 heterocycles. The quantitative estimate of drug-likeness (QED) is 0.176. The molecule has 0 fully saturated rings. The third-order valence-corrected chi connectivity index (χ3v) is 9.70. The monoisotopic (exact) mass is 609 g/mol. The van der Waals surface area contributed by atoms with Crippen LogP contribution in [-0.4, -0.2) is 14.8 Å². The first-order valence-corrected chi connectivity index (χ1v) is 16.8. The molecule has 0 amide bonds. The summed E-state index contributed by atoms with van der Waals surface area (Å²) >= 11 is 0. The van der Waals surface area contributed by atoms with E-state index in [1.54, 1.807) is 0 Å².